The monoisotopic (exact) mass is 277 g/mol. The molecule has 0 unspecified atom stereocenters. The molecule has 1 heterocycles. The van der Waals surface area contributed by atoms with Gasteiger partial charge in [0.1, 0.15) is 0 Å². The van der Waals surface area contributed by atoms with Crippen LogP contribution in [0.5, 0.6) is 0 Å². The second kappa shape index (κ2) is 5.40. The van der Waals surface area contributed by atoms with Crippen LogP contribution in [0.1, 0.15) is 25.7 Å². The first-order valence-corrected chi connectivity index (χ1v) is 6.39. The lowest BCUT2D eigenvalue weighted by Gasteiger charge is -2.37. The maximum Gasteiger partial charge on any atom is 0.328 e. The number of ether oxygens (including phenoxy) is 1. The fourth-order valence-corrected chi connectivity index (χ4v) is 2.59. The number of amides is 1. The average molecular weight is 277 g/mol. The highest BCUT2D eigenvalue weighted by Gasteiger charge is 2.41. The van der Waals surface area contributed by atoms with Crippen LogP contribution in [0.2, 0.25) is 0 Å². The van der Waals surface area contributed by atoms with E-state index in [1.165, 1.54) is 4.90 Å². The summed E-state index contributed by atoms with van der Waals surface area (Å²) in [5.41, 5.74) is 0. The number of carboxylic acid groups (broad SMARTS) is 1. The maximum absolute atomic E-state index is 13.0. The Kier molecular flexibility index (Phi) is 4.03. The number of aliphatic carboxylic acids is 1. The Balaban J connectivity index is 2.00. The zero-order valence-corrected chi connectivity index (χ0v) is 10.5. The number of alkyl halides is 2. The van der Waals surface area contributed by atoms with E-state index in [0.717, 1.165) is 0 Å². The Morgan fingerprint density at radius 3 is 2.47 bits per heavy atom. The number of carboxylic acids is 1. The summed E-state index contributed by atoms with van der Waals surface area (Å²) in [6, 6.07) is -0.997. The van der Waals surface area contributed by atoms with Crippen molar-refractivity contribution >= 4 is 11.9 Å². The van der Waals surface area contributed by atoms with E-state index in [1.807, 2.05) is 0 Å². The second-order valence-corrected chi connectivity index (χ2v) is 5.09. The third-order valence-electron chi connectivity index (χ3n) is 3.76. The molecule has 0 bridgehead atoms. The van der Waals surface area contributed by atoms with Gasteiger partial charge in [0, 0.05) is 25.3 Å². The van der Waals surface area contributed by atoms with Crippen molar-refractivity contribution < 1.29 is 28.2 Å². The molecule has 1 aliphatic heterocycles. The van der Waals surface area contributed by atoms with Crippen LogP contribution in [0.25, 0.3) is 0 Å². The van der Waals surface area contributed by atoms with Crippen molar-refractivity contribution in [1.82, 2.24) is 4.90 Å². The van der Waals surface area contributed by atoms with Crippen molar-refractivity contribution in [2.75, 3.05) is 19.8 Å². The molecule has 108 valence electrons. The Morgan fingerprint density at radius 2 is 1.89 bits per heavy atom. The highest BCUT2D eigenvalue weighted by molar-refractivity contribution is 5.85. The lowest BCUT2D eigenvalue weighted by molar-refractivity contribution is -0.162. The van der Waals surface area contributed by atoms with Gasteiger partial charge in [0.15, 0.2) is 6.04 Å². The first-order valence-electron chi connectivity index (χ1n) is 6.39. The minimum absolute atomic E-state index is 0.0377. The fourth-order valence-electron chi connectivity index (χ4n) is 2.59. The zero-order chi connectivity index (χ0) is 14.0. The molecule has 0 spiro atoms. The van der Waals surface area contributed by atoms with E-state index in [9.17, 15) is 18.4 Å². The molecule has 0 radical (unpaired) electrons. The Hall–Kier alpha value is -1.24. The van der Waals surface area contributed by atoms with Crippen LogP contribution in [0.15, 0.2) is 0 Å². The second-order valence-electron chi connectivity index (χ2n) is 5.09. The number of nitrogens with zero attached hydrogens (tertiary/aromatic N) is 1. The number of carbonyl (C=O) groups excluding carboxylic acids is 1. The van der Waals surface area contributed by atoms with Crippen LogP contribution in [-0.4, -0.2) is 53.6 Å². The molecule has 1 saturated heterocycles. The summed E-state index contributed by atoms with van der Waals surface area (Å²) in [6.07, 6.45) is -0.359. The summed E-state index contributed by atoms with van der Waals surface area (Å²) in [5, 5.41) is 9.05. The molecule has 19 heavy (non-hydrogen) atoms. The van der Waals surface area contributed by atoms with E-state index in [4.69, 9.17) is 9.84 Å². The molecule has 7 heteroatoms. The quantitative estimate of drug-likeness (QED) is 0.821. The molecule has 0 aromatic carbocycles. The predicted octanol–water partition coefficient (Wildman–Crippen LogP) is 1.12. The molecule has 5 nitrogen and oxygen atoms in total. The fraction of sp³-hybridized carbons (Fsp3) is 0.833. The van der Waals surface area contributed by atoms with Crippen LogP contribution in [0.3, 0.4) is 0 Å². The third kappa shape index (κ3) is 3.20. The summed E-state index contributed by atoms with van der Waals surface area (Å²) in [5.74, 6) is -4.62. The van der Waals surface area contributed by atoms with Gasteiger partial charge in [-0.15, -0.1) is 0 Å². The van der Waals surface area contributed by atoms with Crippen molar-refractivity contribution in [2.24, 2.45) is 5.92 Å². The van der Waals surface area contributed by atoms with Crippen LogP contribution in [-0.2, 0) is 14.3 Å². The molecule has 1 amide bonds. The molecular formula is C12H17F2NO4. The molecule has 1 atom stereocenters. The van der Waals surface area contributed by atoms with E-state index in [0.29, 0.717) is 6.61 Å². The van der Waals surface area contributed by atoms with Gasteiger partial charge in [-0.25, -0.2) is 13.6 Å². The van der Waals surface area contributed by atoms with Crippen molar-refractivity contribution in [3.8, 4) is 0 Å². The van der Waals surface area contributed by atoms with Crippen LogP contribution in [0, 0.1) is 5.92 Å². The molecule has 0 aromatic rings. The van der Waals surface area contributed by atoms with Gasteiger partial charge in [-0.2, -0.15) is 0 Å². The topological polar surface area (TPSA) is 66.8 Å². The SMILES string of the molecule is O=C(O)[C@H]1COCCN1C(=O)C1CCC(F)(F)CC1. The summed E-state index contributed by atoms with van der Waals surface area (Å²) < 4.78 is 31.1. The van der Waals surface area contributed by atoms with Crippen molar-refractivity contribution in [3.63, 3.8) is 0 Å². The van der Waals surface area contributed by atoms with E-state index in [2.05, 4.69) is 0 Å². The summed E-state index contributed by atoms with van der Waals surface area (Å²) in [4.78, 5) is 24.6. The molecule has 2 fully saturated rings. The van der Waals surface area contributed by atoms with Gasteiger partial charge < -0.3 is 14.7 Å². The lowest BCUT2D eigenvalue weighted by atomic mass is 9.85. The standard InChI is InChI=1S/C12H17F2NO4/c13-12(14)3-1-8(2-4-12)10(16)15-5-6-19-7-9(15)11(17)18/h8-9H,1-7H2,(H,17,18)/t9-/m1/s1. The summed E-state index contributed by atoms with van der Waals surface area (Å²) >= 11 is 0. The number of hydrogen-bond acceptors (Lipinski definition) is 3. The number of morpholine rings is 1. The van der Waals surface area contributed by atoms with Gasteiger partial charge >= 0.3 is 5.97 Å². The van der Waals surface area contributed by atoms with Crippen LogP contribution < -0.4 is 0 Å². The molecule has 0 aromatic heterocycles. The first kappa shape index (κ1) is 14.2. The highest BCUT2D eigenvalue weighted by Crippen LogP contribution is 2.37. The van der Waals surface area contributed by atoms with Gasteiger partial charge in [-0.3, -0.25) is 4.79 Å². The third-order valence-corrected chi connectivity index (χ3v) is 3.76. The average Bonchev–Trinajstić information content (AvgIpc) is 2.38. The molecule has 1 N–H and O–H groups in total. The summed E-state index contributed by atoms with van der Waals surface area (Å²) in [7, 11) is 0. The minimum atomic E-state index is -2.69. The van der Waals surface area contributed by atoms with Crippen molar-refractivity contribution in [1.29, 1.82) is 0 Å². The Bertz CT molecular complexity index is 365. The molecule has 1 aliphatic carbocycles. The van der Waals surface area contributed by atoms with Crippen LogP contribution in [0.4, 0.5) is 8.78 Å². The van der Waals surface area contributed by atoms with Crippen molar-refractivity contribution in [3.05, 3.63) is 0 Å². The molecule has 1 saturated carbocycles. The summed E-state index contributed by atoms with van der Waals surface area (Å²) in [6.45, 7) is 0.463. The predicted molar refractivity (Wildman–Crippen MR) is 60.9 cm³/mol. The van der Waals surface area contributed by atoms with Gasteiger partial charge in [0.2, 0.25) is 11.8 Å². The molecule has 2 rings (SSSR count). The highest BCUT2D eigenvalue weighted by atomic mass is 19.3. The Morgan fingerprint density at radius 1 is 1.26 bits per heavy atom. The number of halogens is 2. The van der Waals surface area contributed by atoms with Gasteiger partial charge in [-0.05, 0) is 12.8 Å². The van der Waals surface area contributed by atoms with Crippen molar-refractivity contribution in [2.45, 2.75) is 37.6 Å². The van der Waals surface area contributed by atoms with Gasteiger partial charge in [-0.1, -0.05) is 0 Å². The zero-order valence-electron chi connectivity index (χ0n) is 10.5. The van der Waals surface area contributed by atoms with E-state index < -0.39 is 23.9 Å². The number of carbonyl (C=O) groups is 2. The van der Waals surface area contributed by atoms with E-state index in [-0.39, 0.29) is 44.7 Å². The normalized spacial score (nSPS) is 28.1. The smallest absolute Gasteiger partial charge is 0.328 e. The lowest BCUT2D eigenvalue weighted by Crippen LogP contribution is -2.54. The number of hydrogen-bond donors (Lipinski definition) is 1. The minimum Gasteiger partial charge on any atom is -0.480 e. The van der Waals surface area contributed by atoms with Gasteiger partial charge in [0.05, 0.1) is 13.2 Å². The van der Waals surface area contributed by atoms with Crippen LogP contribution >= 0.6 is 0 Å². The molecule has 2 aliphatic rings. The molecular weight excluding hydrogens is 260 g/mol. The first-order chi connectivity index (χ1) is 8.91. The van der Waals surface area contributed by atoms with E-state index >= 15 is 0 Å². The Labute approximate surface area is 109 Å². The van der Waals surface area contributed by atoms with E-state index in [1.54, 1.807) is 0 Å². The van der Waals surface area contributed by atoms with Gasteiger partial charge in [0.25, 0.3) is 0 Å². The largest absolute Gasteiger partial charge is 0.480 e. The maximum atomic E-state index is 13.0. The number of rotatable bonds is 2.